The molecule has 2 nitrogen and oxygen atoms in total. The van der Waals surface area contributed by atoms with Gasteiger partial charge in [-0.2, -0.15) is 0 Å². The largest absolute Gasteiger partial charge is 0.324 e. The molecule has 0 radical (unpaired) electrons. The lowest BCUT2D eigenvalue weighted by Gasteiger charge is -2.24. The van der Waals surface area contributed by atoms with Crippen LogP contribution in [-0.2, 0) is 10.2 Å². The number of rotatable bonds is 3. The molecule has 116 valence electrons. The average molecular weight is 311 g/mol. The highest BCUT2D eigenvalue weighted by atomic mass is 16.2. The number of nitrogens with one attached hydrogen (secondary N) is 1. The molecule has 1 heterocycles. The van der Waals surface area contributed by atoms with Gasteiger partial charge in [-0.15, -0.1) is 0 Å². The summed E-state index contributed by atoms with van der Waals surface area (Å²) in [6, 6.07) is 27.9. The number of carbonyl (C=O) groups excluding carboxylic acids is 1. The van der Waals surface area contributed by atoms with E-state index in [4.69, 9.17) is 0 Å². The summed E-state index contributed by atoms with van der Waals surface area (Å²) in [4.78, 5) is 13.0. The van der Waals surface area contributed by atoms with Gasteiger partial charge in [0.25, 0.3) is 0 Å². The van der Waals surface area contributed by atoms with Gasteiger partial charge < -0.3 is 5.32 Å². The van der Waals surface area contributed by atoms with Crippen molar-refractivity contribution in [2.24, 2.45) is 0 Å². The fourth-order valence-electron chi connectivity index (χ4n) is 3.31. The van der Waals surface area contributed by atoms with E-state index >= 15 is 0 Å². The quantitative estimate of drug-likeness (QED) is 0.750. The van der Waals surface area contributed by atoms with E-state index in [9.17, 15) is 4.79 Å². The molecule has 1 aliphatic heterocycles. The van der Waals surface area contributed by atoms with Crippen LogP contribution in [0, 0.1) is 0 Å². The minimum absolute atomic E-state index is 0.0120. The van der Waals surface area contributed by atoms with Crippen molar-refractivity contribution in [3.63, 3.8) is 0 Å². The van der Waals surface area contributed by atoms with Crippen molar-refractivity contribution in [3.8, 4) is 0 Å². The summed E-state index contributed by atoms with van der Waals surface area (Å²) in [5.74, 6) is -0.0120. The maximum absolute atomic E-state index is 13.0. The van der Waals surface area contributed by atoms with Gasteiger partial charge in [-0.05, 0) is 22.8 Å². The van der Waals surface area contributed by atoms with Crippen LogP contribution in [-0.4, -0.2) is 5.91 Å². The van der Waals surface area contributed by atoms with Gasteiger partial charge in [-0.1, -0.05) is 91.0 Å². The second kappa shape index (κ2) is 5.82. The second-order valence-electron chi connectivity index (χ2n) is 5.92. The number of para-hydroxylation sites is 1. The van der Waals surface area contributed by atoms with Crippen LogP contribution in [0.2, 0.25) is 0 Å². The van der Waals surface area contributed by atoms with Gasteiger partial charge in [0, 0.05) is 5.69 Å². The minimum Gasteiger partial charge on any atom is -0.324 e. The fourth-order valence-corrected chi connectivity index (χ4v) is 3.31. The zero-order chi connectivity index (χ0) is 16.4. The van der Waals surface area contributed by atoms with Crippen molar-refractivity contribution in [2.45, 2.75) is 5.41 Å². The number of amides is 1. The number of hydrogen-bond acceptors (Lipinski definition) is 1. The Morgan fingerprint density at radius 3 is 2.12 bits per heavy atom. The second-order valence-corrected chi connectivity index (χ2v) is 5.92. The van der Waals surface area contributed by atoms with Crippen molar-refractivity contribution < 1.29 is 4.79 Å². The van der Waals surface area contributed by atoms with Gasteiger partial charge in [0.15, 0.2) is 0 Å². The Balaban J connectivity index is 1.92. The smallest absolute Gasteiger partial charge is 0.243 e. The highest BCUT2D eigenvalue weighted by Crippen LogP contribution is 2.44. The van der Waals surface area contributed by atoms with Crippen molar-refractivity contribution in [1.29, 1.82) is 0 Å². The molecule has 1 aliphatic rings. The molecule has 0 bridgehead atoms. The molecule has 24 heavy (non-hydrogen) atoms. The Hall–Kier alpha value is -3.13. The lowest BCUT2D eigenvalue weighted by Crippen LogP contribution is -2.33. The van der Waals surface area contributed by atoms with E-state index in [1.165, 1.54) is 0 Å². The van der Waals surface area contributed by atoms with Gasteiger partial charge >= 0.3 is 0 Å². The summed E-state index contributed by atoms with van der Waals surface area (Å²) in [5.41, 5.74) is 3.12. The number of benzene rings is 3. The van der Waals surface area contributed by atoms with Crippen molar-refractivity contribution in [1.82, 2.24) is 0 Å². The van der Waals surface area contributed by atoms with E-state index in [1.54, 1.807) is 0 Å². The predicted molar refractivity (Wildman–Crippen MR) is 97.8 cm³/mol. The average Bonchev–Trinajstić information content (AvgIpc) is 2.94. The number of hydrogen-bond donors (Lipinski definition) is 1. The molecule has 1 unspecified atom stereocenters. The highest BCUT2D eigenvalue weighted by molar-refractivity contribution is 6.10. The normalized spacial score (nSPS) is 19.2. The Labute approximate surface area is 141 Å². The monoisotopic (exact) mass is 311 g/mol. The molecule has 3 aromatic carbocycles. The van der Waals surface area contributed by atoms with Crippen LogP contribution in [0.1, 0.15) is 16.7 Å². The molecule has 3 aromatic rings. The fraction of sp³-hybridized carbons (Fsp3) is 0.0455. The molecule has 1 N–H and O–H groups in total. The van der Waals surface area contributed by atoms with Crippen LogP contribution in [0.4, 0.5) is 5.69 Å². The molecule has 2 heteroatoms. The molecular weight excluding hydrogens is 294 g/mol. The summed E-state index contributed by atoms with van der Waals surface area (Å²) < 4.78 is 0. The summed E-state index contributed by atoms with van der Waals surface area (Å²) in [6.45, 7) is 0. The first-order valence-corrected chi connectivity index (χ1v) is 8.01. The molecule has 0 aromatic heterocycles. The van der Waals surface area contributed by atoms with Gasteiger partial charge in [0.2, 0.25) is 5.91 Å². The zero-order valence-corrected chi connectivity index (χ0v) is 13.1. The third kappa shape index (κ3) is 2.24. The Morgan fingerprint density at radius 2 is 1.38 bits per heavy atom. The number of fused-ring (bicyclic) bond motifs is 1. The third-order valence-electron chi connectivity index (χ3n) is 4.51. The first-order valence-electron chi connectivity index (χ1n) is 8.01. The van der Waals surface area contributed by atoms with Crippen LogP contribution in [0.25, 0.3) is 6.08 Å². The van der Waals surface area contributed by atoms with Gasteiger partial charge in [0.05, 0.1) is 0 Å². The van der Waals surface area contributed by atoms with E-state index in [2.05, 4.69) is 5.32 Å². The van der Waals surface area contributed by atoms with E-state index < -0.39 is 5.41 Å². The summed E-state index contributed by atoms with van der Waals surface area (Å²) >= 11 is 0. The first-order chi connectivity index (χ1) is 11.8. The van der Waals surface area contributed by atoms with Crippen LogP contribution in [0.5, 0.6) is 0 Å². The van der Waals surface area contributed by atoms with E-state index in [-0.39, 0.29) is 5.91 Å². The van der Waals surface area contributed by atoms with Gasteiger partial charge in [-0.25, -0.2) is 0 Å². The topological polar surface area (TPSA) is 29.1 Å². The zero-order valence-electron chi connectivity index (χ0n) is 13.1. The predicted octanol–water partition coefficient (Wildman–Crippen LogP) is 4.64. The lowest BCUT2D eigenvalue weighted by atomic mass is 9.75. The van der Waals surface area contributed by atoms with Crippen LogP contribution in [0.3, 0.4) is 0 Å². The standard InChI is InChI=1S/C22H17NO/c24-21-22(18-11-5-2-6-12-18,16-15-17-9-3-1-4-10-17)19-13-7-8-14-20(19)23-21/h1-16H,(H,23,24)/b16-15+. The van der Waals surface area contributed by atoms with Crippen LogP contribution in [0.15, 0.2) is 91.0 Å². The minimum atomic E-state index is -0.798. The molecule has 4 rings (SSSR count). The van der Waals surface area contributed by atoms with Crippen molar-refractivity contribution in [3.05, 3.63) is 108 Å². The summed E-state index contributed by atoms with van der Waals surface area (Å²) in [5, 5.41) is 3.03. The molecule has 0 saturated carbocycles. The van der Waals surface area contributed by atoms with Gasteiger partial charge in [-0.3, -0.25) is 4.79 Å². The molecule has 0 saturated heterocycles. The maximum atomic E-state index is 13.0. The Kier molecular flexibility index (Phi) is 3.51. The van der Waals surface area contributed by atoms with E-state index in [0.29, 0.717) is 0 Å². The number of anilines is 1. The third-order valence-corrected chi connectivity index (χ3v) is 4.51. The van der Waals surface area contributed by atoms with Crippen LogP contribution < -0.4 is 5.32 Å². The van der Waals surface area contributed by atoms with Crippen molar-refractivity contribution in [2.75, 3.05) is 5.32 Å². The SMILES string of the molecule is O=C1Nc2ccccc2C1(/C=C/c1ccccc1)c1ccccc1. The summed E-state index contributed by atoms with van der Waals surface area (Å²) in [7, 11) is 0. The molecule has 0 spiro atoms. The van der Waals surface area contributed by atoms with Crippen LogP contribution >= 0.6 is 0 Å². The molecule has 0 fully saturated rings. The summed E-state index contributed by atoms with van der Waals surface area (Å²) in [6.07, 6.45) is 4.04. The molecule has 1 amide bonds. The highest BCUT2D eigenvalue weighted by Gasteiger charge is 2.45. The first kappa shape index (κ1) is 14.5. The Bertz CT molecular complexity index is 900. The molecular formula is C22H17NO. The molecule has 0 aliphatic carbocycles. The lowest BCUT2D eigenvalue weighted by molar-refractivity contribution is -0.118. The molecule has 1 atom stereocenters. The van der Waals surface area contributed by atoms with E-state index in [1.807, 2.05) is 97.1 Å². The maximum Gasteiger partial charge on any atom is 0.243 e. The van der Waals surface area contributed by atoms with Crippen molar-refractivity contribution >= 4 is 17.7 Å². The number of carbonyl (C=O) groups is 1. The van der Waals surface area contributed by atoms with Gasteiger partial charge in [0.1, 0.15) is 5.41 Å². The van der Waals surface area contributed by atoms with E-state index in [0.717, 1.165) is 22.4 Å². The Morgan fingerprint density at radius 1 is 0.750 bits per heavy atom.